The summed E-state index contributed by atoms with van der Waals surface area (Å²) >= 11 is 0. The van der Waals surface area contributed by atoms with E-state index in [-0.39, 0.29) is 12.5 Å². The van der Waals surface area contributed by atoms with Gasteiger partial charge >= 0.3 is 5.97 Å². The number of anilines is 1. The largest absolute Gasteiger partial charge is 0.445 e. The Labute approximate surface area is 75.5 Å². The molecule has 0 aliphatic rings. The molecule has 0 aromatic heterocycles. The highest BCUT2D eigenvalue weighted by Gasteiger charge is 1.98. The smallest absolute Gasteiger partial charge is 0.304 e. The first-order valence-corrected chi connectivity index (χ1v) is 3.82. The van der Waals surface area contributed by atoms with E-state index in [0.717, 1.165) is 0 Å². The normalized spacial score (nSPS) is 9.38. The zero-order chi connectivity index (χ0) is 9.68. The van der Waals surface area contributed by atoms with Gasteiger partial charge in [-0.25, -0.2) is 4.39 Å². The predicted molar refractivity (Wildman–Crippen MR) is 46.7 cm³/mol. The Balaban J connectivity index is 2.45. The topological polar surface area (TPSA) is 38.3 Å². The Morgan fingerprint density at radius 3 is 2.85 bits per heavy atom. The second-order valence-electron chi connectivity index (χ2n) is 2.44. The van der Waals surface area contributed by atoms with E-state index in [0.29, 0.717) is 5.69 Å². The van der Waals surface area contributed by atoms with Crippen molar-refractivity contribution < 1.29 is 13.9 Å². The summed E-state index contributed by atoms with van der Waals surface area (Å²) in [5.41, 5.74) is 0.323. The van der Waals surface area contributed by atoms with Crippen LogP contribution in [0.1, 0.15) is 6.92 Å². The third-order valence-corrected chi connectivity index (χ3v) is 1.41. The van der Waals surface area contributed by atoms with E-state index in [9.17, 15) is 9.18 Å². The van der Waals surface area contributed by atoms with Crippen molar-refractivity contribution in [3.8, 4) is 0 Å². The number of rotatable bonds is 3. The van der Waals surface area contributed by atoms with Crippen LogP contribution in [0, 0.1) is 5.82 Å². The molecular formula is C9H10FNO2. The van der Waals surface area contributed by atoms with Gasteiger partial charge in [0, 0.05) is 6.92 Å². The Hall–Kier alpha value is -1.58. The van der Waals surface area contributed by atoms with Crippen molar-refractivity contribution in [2.75, 3.05) is 12.0 Å². The Morgan fingerprint density at radius 2 is 2.23 bits per heavy atom. The molecule has 0 fully saturated rings. The quantitative estimate of drug-likeness (QED) is 0.573. The number of ether oxygens (including phenoxy) is 1. The minimum absolute atomic E-state index is 0.0176. The molecule has 3 nitrogen and oxygen atoms in total. The predicted octanol–water partition coefficient (Wildman–Crippen LogP) is 1.76. The molecule has 70 valence electrons. The second kappa shape index (κ2) is 4.45. The standard InChI is InChI=1S/C9H10FNO2/c1-7(12)13-6-11-9-5-3-2-4-8(9)10/h2-5,11H,6H2,1H3. The zero-order valence-electron chi connectivity index (χ0n) is 7.21. The molecule has 0 saturated carbocycles. The van der Waals surface area contributed by atoms with Gasteiger partial charge in [-0.3, -0.25) is 4.79 Å². The lowest BCUT2D eigenvalue weighted by atomic mass is 10.3. The maximum absolute atomic E-state index is 12.9. The molecule has 0 aliphatic carbocycles. The Kier molecular flexibility index (Phi) is 3.25. The van der Waals surface area contributed by atoms with E-state index >= 15 is 0 Å². The summed E-state index contributed by atoms with van der Waals surface area (Å²) in [5, 5.41) is 2.63. The maximum atomic E-state index is 12.9. The van der Waals surface area contributed by atoms with Gasteiger partial charge in [-0.2, -0.15) is 0 Å². The van der Waals surface area contributed by atoms with Gasteiger partial charge in [0.25, 0.3) is 0 Å². The van der Waals surface area contributed by atoms with Crippen molar-refractivity contribution in [3.05, 3.63) is 30.1 Å². The van der Waals surface area contributed by atoms with Crippen LogP contribution in [0.25, 0.3) is 0 Å². The molecule has 0 heterocycles. The van der Waals surface area contributed by atoms with E-state index in [1.807, 2.05) is 0 Å². The number of carbonyl (C=O) groups is 1. The minimum atomic E-state index is -0.399. The van der Waals surface area contributed by atoms with E-state index in [2.05, 4.69) is 10.1 Å². The fourth-order valence-corrected chi connectivity index (χ4v) is 0.820. The summed E-state index contributed by atoms with van der Waals surface area (Å²) in [5.74, 6) is -0.765. The van der Waals surface area contributed by atoms with Crippen LogP contribution in [0.4, 0.5) is 10.1 Å². The lowest BCUT2D eigenvalue weighted by Gasteiger charge is -2.06. The molecule has 13 heavy (non-hydrogen) atoms. The minimum Gasteiger partial charge on any atom is -0.445 e. The monoisotopic (exact) mass is 183 g/mol. The van der Waals surface area contributed by atoms with Gasteiger partial charge in [-0.05, 0) is 12.1 Å². The molecule has 1 rings (SSSR count). The highest BCUT2D eigenvalue weighted by Crippen LogP contribution is 2.11. The van der Waals surface area contributed by atoms with Gasteiger partial charge in [-0.15, -0.1) is 0 Å². The number of nitrogens with one attached hydrogen (secondary N) is 1. The first-order valence-electron chi connectivity index (χ1n) is 3.82. The molecule has 0 spiro atoms. The summed E-state index contributed by atoms with van der Waals surface area (Å²) in [4.78, 5) is 10.4. The number of hydrogen-bond donors (Lipinski definition) is 1. The van der Waals surface area contributed by atoms with Crippen LogP contribution in [0.15, 0.2) is 24.3 Å². The van der Waals surface area contributed by atoms with Crippen molar-refractivity contribution in [2.45, 2.75) is 6.92 Å². The van der Waals surface area contributed by atoms with E-state index in [1.54, 1.807) is 18.2 Å². The fraction of sp³-hybridized carbons (Fsp3) is 0.222. The van der Waals surface area contributed by atoms with Gasteiger partial charge in [-0.1, -0.05) is 12.1 Å². The first-order chi connectivity index (χ1) is 6.20. The second-order valence-corrected chi connectivity index (χ2v) is 2.44. The molecule has 0 aliphatic heterocycles. The van der Waals surface area contributed by atoms with Gasteiger partial charge in [0.1, 0.15) is 5.82 Å². The molecule has 1 aromatic carbocycles. The van der Waals surface area contributed by atoms with Crippen molar-refractivity contribution >= 4 is 11.7 Å². The van der Waals surface area contributed by atoms with Gasteiger partial charge < -0.3 is 10.1 Å². The van der Waals surface area contributed by atoms with Crippen LogP contribution in [-0.2, 0) is 9.53 Å². The molecule has 1 N–H and O–H groups in total. The van der Waals surface area contributed by atoms with Crippen LogP contribution in [0.5, 0.6) is 0 Å². The van der Waals surface area contributed by atoms with Gasteiger partial charge in [0.2, 0.25) is 0 Å². The number of para-hydroxylation sites is 1. The lowest BCUT2D eigenvalue weighted by molar-refractivity contribution is -0.140. The van der Waals surface area contributed by atoms with Gasteiger partial charge in [0.05, 0.1) is 5.69 Å². The van der Waals surface area contributed by atoms with E-state index < -0.39 is 5.97 Å². The Morgan fingerprint density at radius 1 is 1.54 bits per heavy atom. The summed E-state index contributed by atoms with van der Waals surface area (Å²) < 4.78 is 17.5. The highest BCUT2D eigenvalue weighted by atomic mass is 19.1. The summed E-state index contributed by atoms with van der Waals surface area (Å²) in [7, 11) is 0. The van der Waals surface area contributed by atoms with Crippen LogP contribution >= 0.6 is 0 Å². The third kappa shape index (κ3) is 3.11. The third-order valence-electron chi connectivity index (χ3n) is 1.41. The van der Waals surface area contributed by atoms with Crippen LogP contribution in [-0.4, -0.2) is 12.7 Å². The number of carbonyl (C=O) groups excluding carboxylic acids is 1. The fourth-order valence-electron chi connectivity index (χ4n) is 0.820. The number of benzene rings is 1. The molecule has 0 saturated heterocycles. The molecule has 4 heteroatoms. The molecule has 0 unspecified atom stereocenters. The summed E-state index contributed by atoms with van der Waals surface area (Å²) in [6, 6.07) is 6.18. The van der Waals surface area contributed by atoms with Crippen molar-refractivity contribution in [1.82, 2.24) is 0 Å². The van der Waals surface area contributed by atoms with Gasteiger partial charge in [0.15, 0.2) is 6.73 Å². The molecule has 1 aromatic rings. The molecule has 0 atom stereocenters. The summed E-state index contributed by atoms with van der Waals surface area (Å²) in [6.45, 7) is 1.28. The number of esters is 1. The zero-order valence-corrected chi connectivity index (χ0v) is 7.21. The molecular weight excluding hydrogens is 173 g/mol. The van der Waals surface area contributed by atoms with Crippen molar-refractivity contribution in [3.63, 3.8) is 0 Å². The lowest BCUT2D eigenvalue weighted by Crippen LogP contribution is -2.10. The SMILES string of the molecule is CC(=O)OCNc1ccccc1F. The first kappa shape index (κ1) is 9.51. The average Bonchev–Trinajstić information content (AvgIpc) is 2.08. The van der Waals surface area contributed by atoms with Crippen molar-refractivity contribution in [2.24, 2.45) is 0 Å². The highest BCUT2D eigenvalue weighted by molar-refractivity contribution is 5.66. The van der Waals surface area contributed by atoms with Crippen LogP contribution in [0.2, 0.25) is 0 Å². The molecule has 0 amide bonds. The maximum Gasteiger partial charge on any atom is 0.304 e. The van der Waals surface area contributed by atoms with Crippen molar-refractivity contribution in [1.29, 1.82) is 0 Å². The molecule has 0 radical (unpaired) electrons. The Bertz CT molecular complexity index is 301. The molecule has 0 bridgehead atoms. The van der Waals surface area contributed by atoms with Crippen LogP contribution in [0.3, 0.4) is 0 Å². The number of hydrogen-bond acceptors (Lipinski definition) is 3. The van der Waals surface area contributed by atoms with E-state index in [1.165, 1.54) is 13.0 Å². The summed E-state index contributed by atoms with van der Waals surface area (Å²) in [6.07, 6.45) is 0. The van der Waals surface area contributed by atoms with Crippen LogP contribution < -0.4 is 5.32 Å². The number of halogens is 1. The average molecular weight is 183 g/mol. The van der Waals surface area contributed by atoms with E-state index in [4.69, 9.17) is 0 Å².